The van der Waals surface area contributed by atoms with Crippen LogP contribution >= 0.6 is 11.3 Å². The van der Waals surface area contributed by atoms with Crippen LogP contribution in [0.2, 0.25) is 0 Å². The normalized spacial score (nSPS) is 12.6. The highest BCUT2D eigenvalue weighted by atomic mass is 32.1. The lowest BCUT2D eigenvalue weighted by atomic mass is 10.0. The molecular weight excluding hydrogens is 214 g/mol. The molecule has 84 valence electrons. The Bertz CT molecular complexity index is 415. The molecule has 0 saturated heterocycles. The van der Waals surface area contributed by atoms with Gasteiger partial charge in [-0.3, -0.25) is 0 Å². The summed E-state index contributed by atoms with van der Waals surface area (Å²) >= 11 is 1.78. The fourth-order valence-corrected chi connectivity index (χ4v) is 2.41. The highest BCUT2D eigenvalue weighted by Crippen LogP contribution is 2.24. The molecule has 0 aliphatic rings. The quantitative estimate of drug-likeness (QED) is 0.853. The smallest absolute Gasteiger partial charge is 0.0342 e. The molecule has 0 aliphatic carbocycles. The van der Waals surface area contributed by atoms with Gasteiger partial charge in [0, 0.05) is 10.9 Å². The molecule has 0 saturated carbocycles. The molecule has 2 aromatic rings. The first-order chi connectivity index (χ1) is 7.75. The Kier molecular flexibility index (Phi) is 3.75. The van der Waals surface area contributed by atoms with E-state index in [-0.39, 0.29) is 6.04 Å². The third-order valence-electron chi connectivity index (χ3n) is 2.65. The van der Waals surface area contributed by atoms with Crippen LogP contribution in [0.1, 0.15) is 18.9 Å². The third-order valence-corrected chi connectivity index (χ3v) is 3.57. The van der Waals surface area contributed by atoms with Gasteiger partial charge in [0.15, 0.2) is 0 Å². The van der Waals surface area contributed by atoms with E-state index in [1.807, 2.05) is 0 Å². The second-order valence-corrected chi connectivity index (χ2v) is 5.14. The zero-order valence-corrected chi connectivity index (χ0v) is 10.3. The van der Waals surface area contributed by atoms with E-state index < -0.39 is 0 Å². The Hall–Kier alpha value is -1.12. The lowest BCUT2D eigenvalue weighted by Gasteiger charge is -2.05. The largest absolute Gasteiger partial charge is 0.328 e. The molecule has 2 rings (SSSR count). The minimum absolute atomic E-state index is 0.289. The summed E-state index contributed by atoms with van der Waals surface area (Å²) in [5, 5.41) is 2.11. The van der Waals surface area contributed by atoms with E-state index in [0.29, 0.717) is 0 Å². The molecule has 2 N–H and O–H groups in total. The zero-order chi connectivity index (χ0) is 11.4. The van der Waals surface area contributed by atoms with Crippen LogP contribution < -0.4 is 5.73 Å². The van der Waals surface area contributed by atoms with Gasteiger partial charge in [-0.15, -0.1) is 11.3 Å². The van der Waals surface area contributed by atoms with Gasteiger partial charge in [0.05, 0.1) is 0 Å². The summed E-state index contributed by atoms with van der Waals surface area (Å²) in [6.07, 6.45) is 2.13. The number of benzene rings is 1. The van der Waals surface area contributed by atoms with Crippen LogP contribution in [0.3, 0.4) is 0 Å². The molecule has 0 radical (unpaired) electrons. The number of hydrogen-bond donors (Lipinski definition) is 1. The molecule has 1 aromatic heterocycles. The molecule has 16 heavy (non-hydrogen) atoms. The molecule has 1 unspecified atom stereocenters. The van der Waals surface area contributed by atoms with Gasteiger partial charge >= 0.3 is 0 Å². The molecule has 0 amide bonds. The lowest BCUT2D eigenvalue weighted by Crippen LogP contribution is -2.15. The summed E-state index contributed by atoms with van der Waals surface area (Å²) < 4.78 is 0. The van der Waals surface area contributed by atoms with Crippen molar-refractivity contribution in [3.63, 3.8) is 0 Å². The first kappa shape index (κ1) is 11.4. The van der Waals surface area contributed by atoms with Gasteiger partial charge in [-0.05, 0) is 42.3 Å². The molecule has 0 fully saturated rings. The molecule has 0 aliphatic heterocycles. The minimum Gasteiger partial charge on any atom is -0.328 e. The monoisotopic (exact) mass is 231 g/mol. The van der Waals surface area contributed by atoms with Crippen molar-refractivity contribution in [3.8, 4) is 10.4 Å². The third kappa shape index (κ3) is 2.94. The van der Waals surface area contributed by atoms with Crippen LogP contribution in [0, 0.1) is 0 Å². The topological polar surface area (TPSA) is 26.0 Å². The number of aryl methyl sites for hydroxylation is 1. The van der Waals surface area contributed by atoms with Gasteiger partial charge in [0.1, 0.15) is 0 Å². The highest BCUT2D eigenvalue weighted by molar-refractivity contribution is 7.13. The molecular formula is C14H17NS. The predicted molar refractivity (Wildman–Crippen MR) is 71.7 cm³/mol. The first-order valence-corrected chi connectivity index (χ1v) is 6.52. The van der Waals surface area contributed by atoms with Crippen LogP contribution in [-0.2, 0) is 6.42 Å². The summed E-state index contributed by atoms with van der Waals surface area (Å²) in [7, 11) is 0. The van der Waals surface area contributed by atoms with E-state index in [2.05, 4.69) is 48.7 Å². The summed E-state index contributed by atoms with van der Waals surface area (Å²) in [6, 6.07) is 13.3. The summed E-state index contributed by atoms with van der Waals surface area (Å²) in [5.41, 5.74) is 8.43. The Morgan fingerprint density at radius 2 is 1.94 bits per heavy atom. The van der Waals surface area contributed by atoms with Gasteiger partial charge in [-0.2, -0.15) is 0 Å². The molecule has 1 atom stereocenters. The minimum atomic E-state index is 0.289. The Labute approximate surface area is 101 Å². The maximum absolute atomic E-state index is 5.75. The van der Waals surface area contributed by atoms with E-state index in [9.17, 15) is 0 Å². The Balaban J connectivity index is 2.05. The second kappa shape index (κ2) is 5.28. The van der Waals surface area contributed by atoms with E-state index in [0.717, 1.165) is 12.8 Å². The lowest BCUT2D eigenvalue weighted by molar-refractivity contribution is 0.666. The van der Waals surface area contributed by atoms with Crippen LogP contribution in [-0.4, -0.2) is 6.04 Å². The van der Waals surface area contributed by atoms with E-state index in [1.165, 1.54) is 16.0 Å². The zero-order valence-electron chi connectivity index (χ0n) is 9.52. The van der Waals surface area contributed by atoms with E-state index >= 15 is 0 Å². The van der Waals surface area contributed by atoms with Crippen molar-refractivity contribution in [1.29, 1.82) is 0 Å². The SMILES string of the molecule is CC(N)CCc1ccc(-c2cccs2)cc1. The van der Waals surface area contributed by atoms with Crippen molar-refractivity contribution in [2.75, 3.05) is 0 Å². The fraction of sp³-hybridized carbons (Fsp3) is 0.286. The van der Waals surface area contributed by atoms with Crippen molar-refractivity contribution in [2.45, 2.75) is 25.8 Å². The number of nitrogens with two attached hydrogens (primary N) is 1. The van der Waals surface area contributed by atoms with Crippen molar-refractivity contribution < 1.29 is 0 Å². The van der Waals surface area contributed by atoms with Crippen molar-refractivity contribution in [3.05, 3.63) is 47.3 Å². The van der Waals surface area contributed by atoms with Crippen molar-refractivity contribution in [1.82, 2.24) is 0 Å². The van der Waals surface area contributed by atoms with Gasteiger partial charge in [0.2, 0.25) is 0 Å². The number of thiophene rings is 1. The Morgan fingerprint density at radius 3 is 2.50 bits per heavy atom. The number of hydrogen-bond acceptors (Lipinski definition) is 2. The summed E-state index contributed by atoms with van der Waals surface area (Å²) in [6.45, 7) is 2.06. The van der Waals surface area contributed by atoms with E-state index in [1.54, 1.807) is 11.3 Å². The van der Waals surface area contributed by atoms with Crippen molar-refractivity contribution in [2.24, 2.45) is 5.73 Å². The maximum atomic E-state index is 5.75. The van der Waals surface area contributed by atoms with Crippen LogP contribution in [0.25, 0.3) is 10.4 Å². The average molecular weight is 231 g/mol. The summed E-state index contributed by atoms with van der Waals surface area (Å²) in [5.74, 6) is 0. The van der Waals surface area contributed by atoms with Gasteiger partial charge in [-0.1, -0.05) is 30.3 Å². The second-order valence-electron chi connectivity index (χ2n) is 4.19. The van der Waals surface area contributed by atoms with Gasteiger partial charge in [0.25, 0.3) is 0 Å². The van der Waals surface area contributed by atoms with Crippen molar-refractivity contribution >= 4 is 11.3 Å². The molecule has 0 bridgehead atoms. The first-order valence-electron chi connectivity index (χ1n) is 5.64. The molecule has 0 spiro atoms. The van der Waals surface area contributed by atoms with Crippen LogP contribution in [0.5, 0.6) is 0 Å². The molecule has 1 heterocycles. The fourth-order valence-electron chi connectivity index (χ4n) is 1.67. The molecule has 1 aromatic carbocycles. The standard InChI is InChI=1S/C14H17NS/c1-11(15)4-5-12-6-8-13(9-7-12)14-3-2-10-16-14/h2-3,6-11H,4-5,15H2,1H3. The predicted octanol–water partition coefficient (Wildman–Crippen LogP) is 3.69. The van der Waals surface area contributed by atoms with Gasteiger partial charge in [-0.25, -0.2) is 0 Å². The number of rotatable bonds is 4. The molecule has 2 heteroatoms. The summed E-state index contributed by atoms with van der Waals surface area (Å²) in [4.78, 5) is 1.33. The average Bonchev–Trinajstić information content (AvgIpc) is 2.80. The van der Waals surface area contributed by atoms with E-state index in [4.69, 9.17) is 5.73 Å². The van der Waals surface area contributed by atoms with Gasteiger partial charge < -0.3 is 5.73 Å². The highest BCUT2D eigenvalue weighted by Gasteiger charge is 2.00. The van der Waals surface area contributed by atoms with Crippen LogP contribution in [0.15, 0.2) is 41.8 Å². The molecule has 1 nitrogen and oxygen atoms in total. The van der Waals surface area contributed by atoms with Crippen LogP contribution in [0.4, 0.5) is 0 Å². The maximum Gasteiger partial charge on any atom is 0.0342 e. The Morgan fingerprint density at radius 1 is 1.19 bits per heavy atom.